The molecular weight excluding hydrogens is 456 g/mol. The number of hydrogen-bond acceptors (Lipinski definition) is 5. The third-order valence-corrected chi connectivity index (χ3v) is 6.29. The monoisotopic (exact) mass is 470 g/mol. The first-order chi connectivity index (χ1) is 14.8. The second kappa shape index (κ2) is 8.58. The standard InChI is InChI=1S/C22H15ClN2O4S2/c23-14-4-1-12(2-5-14)11-25-20(27)19(31-22(25)30)10-15-6-8-17(24-15)13-3-7-16(21(28)29)18(26)9-13/h1-10,24,26H,11H2,(H,28,29)/b19-10-. The van der Waals surface area contributed by atoms with Crippen LogP contribution < -0.4 is 0 Å². The summed E-state index contributed by atoms with van der Waals surface area (Å²) in [5.41, 5.74) is 2.74. The summed E-state index contributed by atoms with van der Waals surface area (Å²) in [6.45, 7) is 0.365. The highest BCUT2D eigenvalue weighted by Crippen LogP contribution is 2.34. The normalized spacial score (nSPS) is 15.1. The third-order valence-electron chi connectivity index (χ3n) is 4.66. The fraction of sp³-hybridized carbons (Fsp3) is 0.0455. The molecule has 6 nitrogen and oxygen atoms in total. The van der Waals surface area contributed by atoms with Crippen molar-refractivity contribution in [1.82, 2.24) is 9.88 Å². The zero-order valence-electron chi connectivity index (χ0n) is 15.8. The van der Waals surface area contributed by atoms with Crippen molar-refractivity contribution in [2.75, 3.05) is 0 Å². The summed E-state index contributed by atoms with van der Waals surface area (Å²) in [7, 11) is 0. The minimum Gasteiger partial charge on any atom is -0.507 e. The molecule has 31 heavy (non-hydrogen) atoms. The molecule has 4 rings (SSSR count). The van der Waals surface area contributed by atoms with Gasteiger partial charge in [0, 0.05) is 22.0 Å². The number of aromatic hydroxyl groups is 1. The van der Waals surface area contributed by atoms with Gasteiger partial charge in [-0.15, -0.1) is 0 Å². The van der Waals surface area contributed by atoms with E-state index in [9.17, 15) is 14.7 Å². The molecule has 1 aromatic heterocycles. The van der Waals surface area contributed by atoms with Crippen LogP contribution in [0.5, 0.6) is 5.75 Å². The average molecular weight is 471 g/mol. The van der Waals surface area contributed by atoms with Crippen molar-refractivity contribution in [1.29, 1.82) is 0 Å². The largest absolute Gasteiger partial charge is 0.507 e. The van der Waals surface area contributed by atoms with Gasteiger partial charge in [0.1, 0.15) is 15.6 Å². The van der Waals surface area contributed by atoms with Crippen molar-refractivity contribution in [2.24, 2.45) is 0 Å². The Morgan fingerprint density at radius 1 is 1.16 bits per heavy atom. The second-order valence-electron chi connectivity index (χ2n) is 6.76. The summed E-state index contributed by atoms with van der Waals surface area (Å²) in [5, 5.41) is 19.6. The minimum atomic E-state index is -1.20. The molecule has 1 aliphatic heterocycles. The van der Waals surface area contributed by atoms with E-state index in [0.717, 1.165) is 5.56 Å². The molecule has 3 aromatic rings. The minimum absolute atomic E-state index is 0.167. The molecular formula is C22H15ClN2O4S2. The second-order valence-corrected chi connectivity index (χ2v) is 8.87. The van der Waals surface area contributed by atoms with E-state index in [2.05, 4.69) is 4.98 Å². The van der Waals surface area contributed by atoms with E-state index in [1.807, 2.05) is 12.1 Å². The molecule has 156 valence electrons. The van der Waals surface area contributed by atoms with Crippen molar-refractivity contribution in [2.45, 2.75) is 6.54 Å². The van der Waals surface area contributed by atoms with Crippen LogP contribution in [-0.4, -0.2) is 36.3 Å². The molecule has 0 spiro atoms. The molecule has 2 aromatic carbocycles. The Morgan fingerprint density at radius 2 is 1.90 bits per heavy atom. The van der Waals surface area contributed by atoms with E-state index in [-0.39, 0.29) is 17.2 Å². The van der Waals surface area contributed by atoms with Gasteiger partial charge in [-0.1, -0.05) is 53.8 Å². The van der Waals surface area contributed by atoms with Gasteiger partial charge in [0.15, 0.2) is 0 Å². The number of phenols is 1. The number of aromatic amines is 1. The maximum Gasteiger partial charge on any atom is 0.339 e. The summed E-state index contributed by atoms with van der Waals surface area (Å²) in [5.74, 6) is -1.69. The van der Waals surface area contributed by atoms with E-state index in [1.54, 1.807) is 41.3 Å². The van der Waals surface area contributed by atoms with Crippen LogP contribution in [0.3, 0.4) is 0 Å². The van der Waals surface area contributed by atoms with E-state index in [1.165, 1.54) is 23.9 Å². The van der Waals surface area contributed by atoms with Crippen molar-refractivity contribution in [3.05, 3.63) is 81.3 Å². The number of carbonyl (C=O) groups excluding carboxylic acids is 1. The number of H-pyrrole nitrogens is 1. The number of halogens is 1. The number of carboxylic acid groups (broad SMARTS) is 1. The van der Waals surface area contributed by atoms with Gasteiger partial charge < -0.3 is 15.2 Å². The maximum atomic E-state index is 12.8. The van der Waals surface area contributed by atoms with Crippen molar-refractivity contribution in [3.63, 3.8) is 0 Å². The molecule has 1 saturated heterocycles. The third kappa shape index (κ3) is 4.51. The highest BCUT2D eigenvalue weighted by atomic mass is 35.5. The van der Waals surface area contributed by atoms with Crippen LogP contribution in [0.1, 0.15) is 21.6 Å². The van der Waals surface area contributed by atoms with E-state index in [0.29, 0.717) is 37.7 Å². The number of carbonyl (C=O) groups is 2. The Bertz CT molecular complexity index is 1230. The SMILES string of the molecule is O=C(O)c1ccc(-c2ccc(/C=C3\SC(=S)N(Cc4ccc(Cl)cc4)C3=O)[nH]2)cc1O. The molecule has 1 fully saturated rings. The Balaban J connectivity index is 1.53. The first kappa shape index (κ1) is 21.2. The summed E-state index contributed by atoms with van der Waals surface area (Å²) < 4.78 is 0.479. The Labute approximate surface area is 192 Å². The lowest BCUT2D eigenvalue weighted by Gasteiger charge is -2.14. The van der Waals surface area contributed by atoms with Gasteiger partial charge in [-0.2, -0.15) is 0 Å². The molecule has 1 aliphatic rings. The molecule has 0 aliphatic carbocycles. The van der Waals surface area contributed by atoms with Crippen molar-refractivity contribution < 1.29 is 19.8 Å². The fourth-order valence-corrected chi connectivity index (χ4v) is 4.47. The number of benzene rings is 2. The lowest BCUT2D eigenvalue weighted by atomic mass is 10.1. The van der Waals surface area contributed by atoms with Gasteiger partial charge in [-0.25, -0.2) is 4.79 Å². The number of nitrogens with zero attached hydrogens (tertiary/aromatic N) is 1. The molecule has 0 saturated carbocycles. The molecule has 2 heterocycles. The van der Waals surface area contributed by atoms with Gasteiger partial charge in [-0.3, -0.25) is 9.69 Å². The number of rotatable bonds is 5. The van der Waals surface area contributed by atoms with Crippen LogP contribution in [0, 0.1) is 0 Å². The molecule has 9 heteroatoms. The van der Waals surface area contributed by atoms with E-state index < -0.39 is 5.97 Å². The number of thioether (sulfide) groups is 1. The van der Waals surface area contributed by atoms with Crippen LogP contribution in [0.2, 0.25) is 5.02 Å². The summed E-state index contributed by atoms with van der Waals surface area (Å²) in [4.78, 5) is 29.1. The molecule has 3 N–H and O–H groups in total. The smallest absolute Gasteiger partial charge is 0.339 e. The van der Waals surface area contributed by atoms with Crippen LogP contribution >= 0.6 is 35.6 Å². The number of aromatic carboxylic acids is 1. The molecule has 0 unspecified atom stereocenters. The zero-order valence-corrected chi connectivity index (χ0v) is 18.2. The lowest BCUT2D eigenvalue weighted by Crippen LogP contribution is -2.27. The number of aromatic nitrogens is 1. The van der Waals surface area contributed by atoms with Gasteiger partial charge in [0.25, 0.3) is 5.91 Å². The Morgan fingerprint density at radius 3 is 2.58 bits per heavy atom. The average Bonchev–Trinajstić information content (AvgIpc) is 3.29. The van der Waals surface area contributed by atoms with Gasteiger partial charge in [0.05, 0.1) is 11.4 Å². The van der Waals surface area contributed by atoms with Gasteiger partial charge in [0.2, 0.25) is 0 Å². The van der Waals surface area contributed by atoms with Crippen LogP contribution in [0.15, 0.2) is 59.5 Å². The maximum absolute atomic E-state index is 12.8. The summed E-state index contributed by atoms with van der Waals surface area (Å²) >= 11 is 12.5. The van der Waals surface area contributed by atoms with Gasteiger partial charge >= 0.3 is 5.97 Å². The zero-order chi connectivity index (χ0) is 22.1. The molecule has 1 amide bonds. The number of hydrogen-bond donors (Lipinski definition) is 3. The van der Waals surface area contributed by atoms with Crippen molar-refractivity contribution >= 4 is 57.9 Å². The van der Waals surface area contributed by atoms with E-state index in [4.69, 9.17) is 28.9 Å². The number of thiocarbonyl (C=S) groups is 1. The van der Waals surface area contributed by atoms with Crippen molar-refractivity contribution in [3.8, 4) is 17.0 Å². The first-order valence-electron chi connectivity index (χ1n) is 9.07. The van der Waals surface area contributed by atoms with Crippen LogP contribution in [-0.2, 0) is 11.3 Å². The van der Waals surface area contributed by atoms with Crippen LogP contribution in [0.25, 0.3) is 17.3 Å². The number of nitrogens with one attached hydrogen (secondary N) is 1. The molecule has 0 atom stereocenters. The molecule has 0 radical (unpaired) electrons. The summed E-state index contributed by atoms with van der Waals surface area (Å²) in [6.07, 6.45) is 1.72. The highest BCUT2D eigenvalue weighted by Gasteiger charge is 2.32. The Kier molecular flexibility index (Phi) is 5.86. The van der Waals surface area contributed by atoms with E-state index >= 15 is 0 Å². The van der Waals surface area contributed by atoms with Crippen LogP contribution in [0.4, 0.5) is 0 Å². The lowest BCUT2D eigenvalue weighted by molar-refractivity contribution is -0.122. The summed E-state index contributed by atoms with van der Waals surface area (Å²) in [6, 6.07) is 15.2. The predicted molar refractivity (Wildman–Crippen MR) is 125 cm³/mol. The fourth-order valence-electron chi connectivity index (χ4n) is 3.09. The predicted octanol–water partition coefficient (Wildman–Crippen LogP) is 5.14. The molecule has 0 bridgehead atoms. The van der Waals surface area contributed by atoms with Gasteiger partial charge in [-0.05, 0) is 48.0 Å². The number of carboxylic acids is 1. The number of amides is 1. The Hall–Kier alpha value is -3.07. The topological polar surface area (TPSA) is 93.6 Å². The quantitative estimate of drug-likeness (QED) is 0.353. The first-order valence-corrected chi connectivity index (χ1v) is 10.7. The highest BCUT2D eigenvalue weighted by molar-refractivity contribution is 8.26.